The molecule has 108 valence electrons. The van der Waals surface area contributed by atoms with Gasteiger partial charge in [0.25, 0.3) is 5.88 Å². The van der Waals surface area contributed by atoms with Crippen molar-refractivity contribution < 1.29 is 14.6 Å². The van der Waals surface area contributed by atoms with E-state index < -0.39 is 9.85 Å². The number of aromatic nitrogens is 1. The smallest absolute Gasteiger partial charge is 0.332 e. The molecule has 1 aromatic carbocycles. The normalized spacial score (nSPS) is 10.2. The van der Waals surface area contributed by atoms with E-state index in [-0.39, 0.29) is 23.0 Å². The van der Waals surface area contributed by atoms with Crippen molar-refractivity contribution >= 4 is 27.3 Å². The van der Waals surface area contributed by atoms with E-state index >= 15 is 0 Å². The molecule has 0 spiro atoms. The first-order valence-corrected chi connectivity index (χ1v) is 6.40. The molecule has 0 unspecified atom stereocenters. The van der Waals surface area contributed by atoms with E-state index in [1.807, 2.05) is 0 Å². The van der Waals surface area contributed by atoms with E-state index in [0.29, 0.717) is 4.47 Å². The fourth-order valence-corrected chi connectivity index (χ4v) is 1.90. The Hall–Kier alpha value is -2.55. The van der Waals surface area contributed by atoms with Crippen molar-refractivity contribution in [2.45, 2.75) is 6.92 Å². The van der Waals surface area contributed by atoms with Crippen molar-refractivity contribution in [3.05, 3.63) is 60.7 Å². The van der Waals surface area contributed by atoms with Gasteiger partial charge in [0.15, 0.2) is 0 Å². The minimum absolute atomic E-state index is 0.0991. The molecule has 0 aliphatic rings. The number of hydrogen-bond acceptors (Lipinski definition) is 6. The van der Waals surface area contributed by atoms with Gasteiger partial charge in [-0.2, -0.15) is 0 Å². The molecule has 2 aromatic rings. The maximum absolute atomic E-state index is 11.0. The van der Waals surface area contributed by atoms with Crippen LogP contribution in [0.25, 0.3) is 0 Å². The molecular formula is C12H8BrN3O5. The predicted molar refractivity (Wildman–Crippen MR) is 76.5 cm³/mol. The van der Waals surface area contributed by atoms with E-state index in [4.69, 9.17) is 4.74 Å². The van der Waals surface area contributed by atoms with Crippen LogP contribution >= 0.6 is 15.9 Å². The van der Waals surface area contributed by atoms with Crippen LogP contribution in [0.15, 0.2) is 34.9 Å². The van der Waals surface area contributed by atoms with Crippen molar-refractivity contribution in [3.63, 3.8) is 0 Å². The second-order valence-corrected chi connectivity index (χ2v) is 4.98. The first-order valence-electron chi connectivity index (χ1n) is 5.61. The van der Waals surface area contributed by atoms with Gasteiger partial charge in [-0.3, -0.25) is 20.2 Å². The quantitative estimate of drug-likeness (QED) is 0.611. The molecule has 0 fully saturated rings. The number of nitro groups is 2. The van der Waals surface area contributed by atoms with Gasteiger partial charge in [-0.25, -0.2) is 4.98 Å². The highest BCUT2D eigenvalue weighted by Crippen LogP contribution is 2.36. The molecule has 1 heterocycles. The van der Waals surface area contributed by atoms with E-state index in [2.05, 4.69) is 20.9 Å². The highest BCUT2D eigenvalue weighted by Gasteiger charge is 2.22. The molecule has 1 aromatic heterocycles. The average molecular weight is 354 g/mol. The predicted octanol–water partition coefficient (Wildman–Crippen LogP) is 3.76. The summed E-state index contributed by atoms with van der Waals surface area (Å²) in [5, 5.41) is 21.9. The van der Waals surface area contributed by atoms with Crippen molar-refractivity contribution in [3.8, 4) is 11.6 Å². The molecule has 9 heteroatoms. The molecule has 8 nitrogen and oxygen atoms in total. The van der Waals surface area contributed by atoms with Gasteiger partial charge >= 0.3 is 11.4 Å². The number of rotatable bonds is 4. The largest absolute Gasteiger partial charge is 0.426 e. The number of hydrogen-bond donors (Lipinski definition) is 0. The molecule has 0 aliphatic carbocycles. The molecule has 21 heavy (non-hydrogen) atoms. The molecule has 2 rings (SSSR count). The zero-order valence-electron chi connectivity index (χ0n) is 10.6. The van der Waals surface area contributed by atoms with Gasteiger partial charge in [0, 0.05) is 22.8 Å². The van der Waals surface area contributed by atoms with Gasteiger partial charge in [-0.1, -0.05) is 6.07 Å². The Kier molecular flexibility index (Phi) is 4.13. The van der Waals surface area contributed by atoms with Crippen LogP contribution in [-0.4, -0.2) is 14.8 Å². The number of ether oxygens (including phenoxy) is 1. The molecular weight excluding hydrogens is 346 g/mol. The number of nitrogens with zero attached hydrogens (tertiary/aromatic N) is 3. The van der Waals surface area contributed by atoms with E-state index in [0.717, 1.165) is 5.56 Å². The summed E-state index contributed by atoms with van der Waals surface area (Å²) >= 11 is 3.07. The summed E-state index contributed by atoms with van der Waals surface area (Å²) in [5.74, 6) is -0.408. The molecule has 0 amide bonds. The van der Waals surface area contributed by atoms with Gasteiger partial charge in [-0.15, -0.1) is 0 Å². The molecule has 0 bridgehead atoms. The Bertz CT molecular complexity index is 735. The molecule has 0 aliphatic heterocycles. The standard InChI is InChI=1S/C12H8BrN3O5/c1-7-2-3-9(15(17)18)11(4-7)21-12-10(16(19)20)5-8(13)6-14-12/h2-6H,1H3. The highest BCUT2D eigenvalue weighted by atomic mass is 79.9. The fourth-order valence-electron chi connectivity index (χ4n) is 1.58. The lowest BCUT2D eigenvalue weighted by Gasteiger charge is -2.06. The lowest BCUT2D eigenvalue weighted by Crippen LogP contribution is -1.99. The Morgan fingerprint density at radius 2 is 1.81 bits per heavy atom. The third kappa shape index (κ3) is 3.31. The molecule has 0 N–H and O–H groups in total. The SMILES string of the molecule is Cc1ccc([N+](=O)[O-])c(Oc2ncc(Br)cc2[N+](=O)[O-])c1. The summed E-state index contributed by atoms with van der Waals surface area (Å²) in [5.41, 5.74) is 0.0372. The first kappa shape index (κ1) is 14.9. The van der Waals surface area contributed by atoms with Gasteiger partial charge in [0.1, 0.15) is 0 Å². The molecule has 0 atom stereocenters. The van der Waals surface area contributed by atoms with Crippen molar-refractivity contribution in [1.29, 1.82) is 0 Å². The van der Waals surface area contributed by atoms with Crippen LogP contribution < -0.4 is 4.74 Å². The molecule has 0 radical (unpaired) electrons. The maximum atomic E-state index is 11.0. The number of benzene rings is 1. The van der Waals surface area contributed by atoms with Gasteiger partial charge in [-0.05, 0) is 34.5 Å². The summed E-state index contributed by atoms with van der Waals surface area (Å²) in [6.07, 6.45) is 1.31. The minimum atomic E-state index is -0.672. The van der Waals surface area contributed by atoms with E-state index in [1.54, 1.807) is 13.0 Å². The Balaban J connectivity index is 2.50. The van der Waals surface area contributed by atoms with Crippen molar-refractivity contribution in [2.24, 2.45) is 0 Å². The number of aryl methyl sites for hydroxylation is 1. The monoisotopic (exact) mass is 353 g/mol. The third-order valence-electron chi connectivity index (χ3n) is 2.51. The van der Waals surface area contributed by atoms with Crippen LogP contribution in [-0.2, 0) is 0 Å². The lowest BCUT2D eigenvalue weighted by atomic mass is 10.2. The average Bonchev–Trinajstić information content (AvgIpc) is 2.40. The fraction of sp³-hybridized carbons (Fsp3) is 0.0833. The molecule has 0 saturated carbocycles. The maximum Gasteiger partial charge on any atom is 0.332 e. The zero-order chi connectivity index (χ0) is 15.6. The number of halogens is 1. The summed E-state index contributed by atoms with van der Waals surface area (Å²) in [7, 11) is 0. The van der Waals surface area contributed by atoms with E-state index in [9.17, 15) is 20.2 Å². The van der Waals surface area contributed by atoms with Crippen LogP contribution in [0.4, 0.5) is 11.4 Å². The van der Waals surface area contributed by atoms with Crippen LogP contribution in [0.3, 0.4) is 0 Å². The second-order valence-electron chi connectivity index (χ2n) is 4.07. The molecule has 0 saturated heterocycles. The van der Waals surface area contributed by atoms with Crippen LogP contribution in [0.5, 0.6) is 11.6 Å². The summed E-state index contributed by atoms with van der Waals surface area (Å²) in [6.45, 7) is 1.72. The topological polar surface area (TPSA) is 108 Å². The minimum Gasteiger partial charge on any atom is -0.426 e. The summed E-state index contributed by atoms with van der Waals surface area (Å²) in [6, 6.07) is 5.46. The van der Waals surface area contributed by atoms with Gasteiger partial charge in [0.2, 0.25) is 5.75 Å². The first-order chi connectivity index (χ1) is 9.88. The Morgan fingerprint density at radius 3 is 2.43 bits per heavy atom. The Labute approximate surface area is 126 Å². The third-order valence-corrected chi connectivity index (χ3v) is 2.95. The van der Waals surface area contributed by atoms with Crippen LogP contribution in [0.2, 0.25) is 0 Å². The van der Waals surface area contributed by atoms with Crippen molar-refractivity contribution in [2.75, 3.05) is 0 Å². The number of pyridine rings is 1. The second kappa shape index (κ2) is 5.83. The van der Waals surface area contributed by atoms with Crippen LogP contribution in [0, 0.1) is 27.2 Å². The van der Waals surface area contributed by atoms with Gasteiger partial charge in [0.05, 0.1) is 9.85 Å². The summed E-state index contributed by atoms with van der Waals surface area (Å²) < 4.78 is 5.69. The highest BCUT2D eigenvalue weighted by molar-refractivity contribution is 9.10. The number of nitro benzene ring substituents is 1. The zero-order valence-corrected chi connectivity index (χ0v) is 12.2. The van der Waals surface area contributed by atoms with Crippen LogP contribution in [0.1, 0.15) is 5.56 Å². The van der Waals surface area contributed by atoms with E-state index in [1.165, 1.54) is 24.4 Å². The Morgan fingerprint density at radius 1 is 1.14 bits per heavy atom. The lowest BCUT2D eigenvalue weighted by molar-refractivity contribution is -0.387. The van der Waals surface area contributed by atoms with Crippen molar-refractivity contribution in [1.82, 2.24) is 4.98 Å². The van der Waals surface area contributed by atoms with Gasteiger partial charge < -0.3 is 4.74 Å². The summed E-state index contributed by atoms with van der Waals surface area (Å²) in [4.78, 5) is 24.4.